The minimum Gasteiger partial charge on any atom is -0.323 e. The maximum absolute atomic E-state index is 5.62. The van der Waals surface area contributed by atoms with Crippen LogP contribution in [0.15, 0.2) is 24.5 Å². The molecule has 0 saturated heterocycles. The summed E-state index contributed by atoms with van der Waals surface area (Å²) >= 11 is 5.53. The number of nitrogens with zero attached hydrogens (tertiary/aromatic N) is 1. The van der Waals surface area contributed by atoms with E-state index in [-0.39, 0.29) is 6.04 Å². The number of hydrogen-bond donors (Lipinski definition) is 1. The molecule has 0 aromatic carbocycles. The summed E-state index contributed by atoms with van der Waals surface area (Å²) in [6.07, 6.45) is 3.44. The SMILES string of the molecule is NC(CCl)c1cccnc1. The van der Waals surface area contributed by atoms with E-state index in [2.05, 4.69) is 4.98 Å². The van der Waals surface area contributed by atoms with Gasteiger partial charge in [0.2, 0.25) is 0 Å². The van der Waals surface area contributed by atoms with Crippen LogP contribution in [0.4, 0.5) is 0 Å². The number of hydrogen-bond acceptors (Lipinski definition) is 2. The van der Waals surface area contributed by atoms with Crippen molar-refractivity contribution < 1.29 is 0 Å². The second-order valence-electron chi connectivity index (χ2n) is 2.05. The lowest BCUT2D eigenvalue weighted by Gasteiger charge is -2.05. The van der Waals surface area contributed by atoms with Gasteiger partial charge < -0.3 is 5.73 Å². The summed E-state index contributed by atoms with van der Waals surface area (Å²) in [6, 6.07) is 3.68. The lowest BCUT2D eigenvalue weighted by molar-refractivity contribution is 0.819. The van der Waals surface area contributed by atoms with Gasteiger partial charge in [-0.2, -0.15) is 0 Å². The molecule has 1 aromatic heterocycles. The highest BCUT2D eigenvalue weighted by Gasteiger charge is 2.01. The first-order valence-electron chi connectivity index (χ1n) is 3.06. The summed E-state index contributed by atoms with van der Waals surface area (Å²) in [6.45, 7) is 0. The van der Waals surface area contributed by atoms with Crippen molar-refractivity contribution in [1.29, 1.82) is 0 Å². The van der Waals surface area contributed by atoms with Crippen LogP contribution in [0.1, 0.15) is 11.6 Å². The van der Waals surface area contributed by atoms with Crippen LogP contribution in [0.5, 0.6) is 0 Å². The first-order valence-corrected chi connectivity index (χ1v) is 3.59. The van der Waals surface area contributed by atoms with Crippen molar-refractivity contribution in [2.45, 2.75) is 6.04 Å². The smallest absolute Gasteiger partial charge is 0.0447 e. The quantitative estimate of drug-likeness (QED) is 0.656. The third-order valence-corrected chi connectivity index (χ3v) is 1.61. The van der Waals surface area contributed by atoms with Crippen molar-refractivity contribution in [2.24, 2.45) is 5.73 Å². The van der Waals surface area contributed by atoms with Gasteiger partial charge in [0, 0.05) is 24.3 Å². The Bertz CT molecular complexity index is 188. The number of aromatic nitrogens is 1. The van der Waals surface area contributed by atoms with Crippen LogP contribution < -0.4 is 5.73 Å². The molecule has 1 atom stereocenters. The molecule has 1 unspecified atom stereocenters. The Kier molecular flexibility index (Phi) is 2.66. The monoisotopic (exact) mass is 156 g/mol. The maximum atomic E-state index is 5.62. The molecule has 0 spiro atoms. The predicted octanol–water partition coefficient (Wildman–Crippen LogP) is 1.32. The largest absolute Gasteiger partial charge is 0.323 e. The summed E-state index contributed by atoms with van der Waals surface area (Å²) in [4.78, 5) is 3.92. The van der Waals surface area contributed by atoms with Gasteiger partial charge in [0.15, 0.2) is 0 Å². The summed E-state index contributed by atoms with van der Waals surface area (Å²) in [5.74, 6) is 0.436. The fourth-order valence-corrected chi connectivity index (χ4v) is 0.863. The summed E-state index contributed by atoms with van der Waals surface area (Å²) in [5.41, 5.74) is 6.61. The Morgan fingerprint density at radius 1 is 1.70 bits per heavy atom. The molecule has 1 heterocycles. The van der Waals surface area contributed by atoms with Crippen LogP contribution in [0.25, 0.3) is 0 Å². The molecule has 1 aromatic rings. The minimum atomic E-state index is -0.0876. The fraction of sp³-hybridized carbons (Fsp3) is 0.286. The fourth-order valence-electron chi connectivity index (χ4n) is 0.684. The molecule has 0 radical (unpaired) electrons. The van der Waals surface area contributed by atoms with Crippen LogP contribution in [0.2, 0.25) is 0 Å². The van der Waals surface area contributed by atoms with E-state index in [0.29, 0.717) is 5.88 Å². The van der Waals surface area contributed by atoms with Gasteiger partial charge >= 0.3 is 0 Å². The van der Waals surface area contributed by atoms with E-state index < -0.39 is 0 Å². The van der Waals surface area contributed by atoms with Crippen LogP contribution in [0.3, 0.4) is 0 Å². The highest BCUT2D eigenvalue weighted by molar-refractivity contribution is 6.18. The van der Waals surface area contributed by atoms with Gasteiger partial charge in [-0.1, -0.05) is 6.07 Å². The molecule has 2 nitrogen and oxygen atoms in total. The molecule has 0 saturated carbocycles. The van der Waals surface area contributed by atoms with E-state index in [1.165, 1.54) is 0 Å². The molecular weight excluding hydrogens is 148 g/mol. The van der Waals surface area contributed by atoms with Gasteiger partial charge in [-0.3, -0.25) is 4.98 Å². The number of alkyl halides is 1. The van der Waals surface area contributed by atoms with Crippen LogP contribution in [0, 0.1) is 0 Å². The lowest BCUT2D eigenvalue weighted by atomic mass is 10.2. The Labute approximate surface area is 65.0 Å². The first-order chi connectivity index (χ1) is 4.84. The van der Waals surface area contributed by atoms with Crippen molar-refractivity contribution in [3.63, 3.8) is 0 Å². The Hall–Kier alpha value is -0.600. The second kappa shape index (κ2) is 3.54. The molecule has 0 aliphatic rings. The van der Waals surface area contributed by atoms with Crippen molar-refractivity contribution >= 4 is 11.6 Å². The molecule has 54 valence electrons. The van der Waals surface area contributed by atoms with Gasteiger partial charge in [-0.05, 0) is 11.6 Å². The molecule has 3 heteroatoms. The number of rotatable bonds is 2. The standard InChI is InChI=1S/C7H9ClN2/c8-4-7(9)6-2-1-3-10-5-6/h1-3,5,7H,4,9H2. The normalized spacial score (nSPS) is 13.0. The van der Waals surface area contributed by atoms with Gasteiger partial charge in [0.25, 0.3) is 0 Å². The van der Waals surface area contributed by atoms with Crippen LogP contribution in [-0.4, -0.2) is 10.9 Å². The zero-order valence-corrected chi connectivity index (χ0v) is 6.25. The van der Waals surface area contributed by atoms with E-state index >= 15 is 0 Å². The summed E-state index contributed by atoms with van der Waals surface area (Å²) in [7, 11) is 0. The third-order valence-electron chi connectivity index (χ3n) is 1.28. The van der Waals surface area contributed by atoms with E-state index in [1.54, 1.807) is 12.4 Å². The van der Waals surface area contributed by atoms with Crippen LogP contribution >= 0.6 is 11.6 Å². The number of halogens is 1. The third kappa shape index (κ3) is 1.69. The summed E-state index contributed by atoms with van der Waals surface area (Å²) < 4.78 is 0. The molecule has 0 fully saturated rings. The second-order valence-corrected chi connectivity index (χ2v) is 2.36. The predicted molar refractivity (Wildman–Crippen MR) is 41.9 cm³/mol. The number of pyridine rings is 1. The van der Waals surface area contributed by atoms with E-state index in [9.17, 15) is 0 Å². The lowest BCUT2D eigenvalue weighted by Crippen LogP contribution is -2.11. The average Bonchev–Trinajstić information content (AvgIpc) is 2.05. The van der Waals surface area contributed by atoms with Gasteiger partial charge in [0.1, 0.15) is 0 Å². The van der Waals surface area contributed by atoms with Gasteiger partial charge in [-0.15, -0.1) is 11.6 Å². The minimum absolute atomic E-state index is 0.0876. The maximum Gasteiger partial charge on any atom is 0.0447 e. The highest BCUT2D eigenvalue weighted by atomic mass is 35.5. The first kappa shape index (κ1) is 7.51. The molecule has 0 aliphatic carbocycles. The molecule has 0 aliphatic heterocycles. The zero-order chi connectivity index (χ0) is 7.40. The van der Waals surface area contributed by atoms with Gasteiger partial charge in [0.05, 0.1) is 0 Å². The van der Waals surface area contributed by atoms with E-state index in [1.807, 2.05) is 12.1 Å². The molecular formula is C7H9ClN2. The molecule has 2 N–H and O–H groups in total. The number of nitrogens with two attached hydrogens (primary N) is 1. The van der Waals surface area contributed by atoms with Crippen molar-refractivity contribution in [3.05, 3.63) is 30.1 Å². The van der Waals surface area contributed by atoms with Gasteiger partial charge in [-0.25, -0.2) is 0 Å². The van der Waals surface area contributed by atoms with E-state index in [4.69, 9.17) is 17.3 Å². The van der Waals surface area contributed by atoms with Crippen molar-refractivity contribution in [2.75, 3.05) is 5.88 Å². The average molecular weight is 157 g/mol. The van der Waals surface area contributed by atoms with Crippen molar-refractivity contribution in [1.82, 2.24) is 4.98 Å². The molecule has 0 amide bonds. The molecule has 1 rings (SSSR count). The van der Waals surface area contributed by atoms with E-state index in [0.717, 1.165) is 5.56 Å². The summed E-state index contributed by atoms with van der Waals surface area (Å²) in [5, 5.41) is 0. The zero-order valence-electron chi connectivity index (χ0n) is 5.50. The molecule has 10 heavy (non-hydrogen) atoms. The Morgan fingerprint density at radius 2 is 2.50 bits per heavy atom. The Morgan fingerprint density at radius 3 is 3.00 bits per heavy atom. The molecule has 0 bridgehead atoms. The highest BCUT2D eigenvalue weighted by Crippen LogP contribution is 2.08. The Balaban J connectivity index is 2.75. The van der Waals surface area contributed by atoms with Crippen molar-refractivity contribution in [3.8, 4) is 0 Å². The van der Waals surface area contributed by atoms with Crippen LogP contribution in [-0.2, 0) is 0 Å². The topological polar surface area (TPSA) is 38.9 Å².